The summed E-state index contributed by atoms with van der Waals surface area (Å²) in [5.74, 6) is 1.18. The highest BCUT2D eigenvalue weighted by Crippen LogP contribution is 2.33. The Hall–Kier alpha value is -2.54. The Kier molecular flexibility index (Phi) is 5.65. The fourth-order valence-corrected chi connectivity index (χ4v) is 3.61. The number of nitrogens with zero attached hydrogens (tertiary/aromatic N) is 1. The molecule has 1 aliphatic rings. The molecular formula is C21H29N3O4. The minimum atomic E-state index is -0.296. The molecule has 1 amide bonds. The number of methoxy groups -OCH3 is 2. The topological polar surface area (TPSA) is 85.5 Å². The number of aromatic amines is 1. The molecule has 0 radical (unpaired) electrons. The van der Waals surface area contributed by atoms with Gasteiger partial charge in [-0.1, -0.05) is 19.9 Å². The number of nitrogens with one attached hydrogen (secondary N) is 2. The predicted octanol–water partition coefficient (Wildman–Crippen LogP) is 3.16. The fraction of sp³-hybridized carbons (Fsp3) is 0.524. The van der Waals surface area contributed by atoms with Crippen LogP contribution in [0, 0.1) is 0 Å². The van der Waals surface area contributed by atoms with E-state index in [4.69, 9.17) is 14.2 Å². The van der Waals surface area contributed by atoms with E-state index in [1.165, 1.54) is 0 Å². The van der Waals surface area contributed by atoms with Crippen LogP contribution < -0.4 is 14.8 Å². The van der Waals surface area contributed by atoms with E-state index in [0.29, 0.717) is 30.2 Å². The van der Waals surface area contributed by atoms with Gasteiger partial charge in [-0.3, -0.25) is 9.89 Å². The third-order valence-electron chi connectivity index (χ3n) is 5.30. The molecular weight excluding hydrogens is 358 g/mol. The van der Waals surface area contributed by atoms with E-state index in [-0.39, 0.29) is 23.5 Å². The number of aromatic nitrogens is 2. The molecule has 28 heavy (non-hydrogen) atoms. The van der Waals surface area contributed by atoms with Gasteiger partial charge in [0, 0.05) is 23.9 Å². The molecule has 0 saturated carbocycles. The number of ether oxygens (including phenoxy) is 3. The van der Waals surface area contributed by atoms with Gasteiger partial charge in [0.15, 0.2) is 17.2 Å². The van der Waals surface area contributed by atoms with Gasteiger partial charge in [0.05, 0.1) is 32.1 Å². The van der Waals surface area contributed by atoms with Crippen molar-refractivity contribution < 1.29 is 19.0 Å². The largest absolute Gasteiger partial charge is 0.493 e. The summed E-state index contributed by atoms with van der Waals surface area (Å²) in [5.41, 5.74) is 3.05. The summed E-state index contributed by atoms with van der Waals surface area (Å²) in [6, 6.07) is 5.82. The normalized spacial score (nSPS) is 19.1. The van der Waals surface area contributed by atoms with Gasteiger partial charge in [0.2, 0.25) is 0 Å². The van der Waals surface area contributed by atoms with Gasteiger partial charge < -0.3 is 19.5 Å². The number of fused-ring (bicyclic) bond motifs is 1. The summed E-state index contributed by atoms with van der Waals surface area (Å²) in [7, 11) is 3.23. The maximum atomic E-state index is 12.8. The highest BCUT2D eigenvalue weighted by atomic mass is 16.5. The first-order valence-electron chi connectivity index (χ1n) is 9.50. The van der Waals surface area contributed by atoms with Crippen molar-refractivity contribution in [3.63, 3.8) is 0 Å². The summed E-state index contributed by atoms with van der Waals surface area (Å²) in [6.45, 7) is 8.59. The van der Waals surface area contributed by atoms with Crippen LogP contribution >= 0.6 is 0 Å². The molecule has 0 unspecified atom stereocenters. The van der Waals surface area contributed by atoms with Crippen LogP contribution in [0.1, 0.15) is 61.1 Å². The Morgan fingerprint density at radius 1 is 1.29 bits per heavy atom. The molecule has 1 aromatic heterocycles. The smallest absolute Gasteiger partial charge is 0.272 e. The van der Waals surface area contributed by atoms with Crippen LogP contribution in [0.5, 0.6) is 11.5 Å². The number of carbonyl (C=O) groups excluding carboxylic acids is 1. The molecule has 2 aromatic rings. The van der Waals surface area contributed by atoms with Gasteiger partial charge >= 0.3 is 0 Å². The molecule has 1 aromatic carbocycles. The molecule has 2 atom stereocenters. The standard InChI is InChI=1S/C21H29N3O4/c1-12-9-15-18(13(2)28-12)23-24-19(15)20(25)22-11-21(3,4)14-7-8-16(26-5)17(10-14)27-6/h7-8,10,12-13H,9,11H2,1-6H3,(H,22,25)(H,23,24)/t12-,13+/m0/s1. The van der Waals surface area contributed by atoms with Crippen molar-refractivity contribution in [1.29, 1.82) is 0 Å². The predicted molar refractivity (Wildman–Crippen MR) is 106 cm³/mol. The van der Waals surface area contributed by atoms with E-state index in [9.17, 15) is 4.79 Å². The van der Waals surface area contributed by atoms with Crippen molar-refractivity contribution in [2.24, 2.45) is 0 Å². The minimum absolute atomic E-state index is 0.0647. The monoisotopic (exact) mass is 387 g/mol. The summed E-state index contributed by atoms with van der Waals surface area (Å²) >= 11 is 0. The number of carbonyl (C=O) groups is 1. The first-order chi connectivity index (χ1) is 13.3. The van der Waals surface area contributed by atoms with Gasteiger partial charge in [0.25, 0.3) is 5.91 Å². The number of H-pyrrole nitrogens is 1. The molecule has 7 nitrogen and oxygen atoms in total. The zero-order chi connectivity index (χ0) is 20.5. The molecule has 1 aliphatic heterocycles. The highest BCUT2D eigenvalue weighted by Gasteiger charge is 2.30. The van der Waals surface area contributed by atoms with Gasteiger partial charge in [0.1, 0.15) is 0 Å². The van der Waals surface area contributed by atoms with Crippen molar-refractivity contribution in [1.82, 2.24) is 15.5 Å². The van der Waals surface area contributed by atoms with Crippen molar-refractivity contribution in [2.45, 2.75) is 51.7 Å². The van der Waals surface area contributed by atoms with Gasteiger partial charge in [-0.15, -0.1) is 0 Å². The molecule has 0 fully saturated rings. The SMILES string of the molecule is COc1ccc(C(C)(C)CNC(=O)c2n[nH]c3c2C[C@H](C)O[C@@H]3C)cc1OC. The second kappa shape index (κ2) is 7.83. The first-order valence-corrected chi connectivity index (χ1v) is 9.50. The van der Waals surface area contributed by atoms with Crippen molar-refractivity contribution in [3.05, 3.63) is 40.7 Å². The summed E-state index contributed by atoms with van der Waals surface area (Å²) in [6.07, 6.45) is 0.656. The van der Waals surface area contributed by atoms with Crippen molar-refractivity contribution in [3.8, 4) is 11.5 Å². The van der Waals surface area contributed by atoms with Crippen molar-refractivity contribution in [2.75, 3.05) is 20.8 Å². The number of amides is 1. The number of rotatable bonds is 6. The quantitative estimate of drug-likeness (QED) is 0.795. The van der Waals surface area contributed by atoms with E-state index < -0.39 is 0 Å². The Bertz CT molecular complexity index is 859. The molecule has 0 spiro atoms. The summed E-state index contributed by atoms with van der Waals surface area (Å²) in [5, 5.41) is 10.3. The summed E-state index contributed by atoms with van der Waals surface area (Å²) in [4.78, 5) is 12.8. The van der Waals surface area contributed by atoms with E-state index >= 15 is 0 Å². The van der Waals surface area contributed by atoms with Crippen LogP contribution in [-0.2, 0) is 16.6 Å². The molecule has 0 bridgehead atoms. The van der Waals surface area contributed by atoms with Crippen LogP contribution in [0.15, 0.2) is 18.2 Å². The van der Waals surface area contributed by atoms with Gasteiger partial charge in [-0.05, 0) is 31.5 Å². The van der Waals surface area contributed by atoms with Crippen LogP contribution in [-0.4, -0.2) is 43.0 Å². The molecule has 0 aliphatic carbocycles. The average molecular weight is 387 g/mol. The van der Waals surface area contributed by atoms with Crippen LogP contribution in [0.25, 0.3) is 0 Å². The minimum Gasteiger partial charge on any atom is -0.493 e. The van der Waals surface area contributed by atoms with E-state index in [0.717, 1.165) is 16.8 Å². The lowest BCUT2D eigenvalue weighted by Crippen LogP contribution is -2.37. The third kappa shape index (κ3) is 3.85. The lowest BCUT2D eigenvalue weighted by Gasteiger charge is -2.27. The lowest BCUT2D eigenvalue weighted by atomic mass is 9.84. The maximum absolute atomic E-state index is 12.8. The Morgan fingerprint density at radius 3 is 2.68 bits per heavy atom. The second-order valence-corrected chi connectivity index (χ2v) is 7.89. The van der Waals surface area contributed by atoms with E-state index in [1.54, 1.807) is 14.2 Å². The Morgan fingerprint density at radius 2 is 2.00 bits per heavy atom. The van der Waals surface area contributed by atoms with Crippen LogP contribution in [0.2, 0.25) is 0 Å². The molecule has 0 saturated heterocycles. The molecule has 3 rings (SSSR count). The highest BCUT2D eigenvalue weighted by molar-refractivity contribution is 5.94. The van der Waals surface area contributed by atoms with Crippen molar-refractivity contribution >= 4 is 5.91 Å². The molecule has 2 N–H and O–H groups in total. The second-order valence-electron chi connectivity index (χ2n) is 7.89. The summed E-state index contributed by atoms with van der Waals surface area (Å²) < 4.78 is 16.5. The third-order valence-corrected chi connectivity index (χ3v) is 5.30. The number of benzene rings is 1. The fourth-order valence-electron chi connectivity index (χ4n) is 3.61. The number of hydrogen-bond donors (Lipinski definition) is 2. The van der Waals surface area contributed by atoms with E-state index in [1.807, 2.05) is 32.0 Å². The average Bonchev–Trinajstić information content (AvgIpc) is 3.09. The van der Waals surface area contributed by atoms with Gasteiger partial charge in [-0.2, -0.15) is 5.10 Å². The molecule has 7 heteroatoms. The molecule has 2 heterocycles. The van der Waals surface area contributed by atoms with Crippen LogP contribution in [0.3, 0.4) is 0 Å². The van der Waals surface area contributed by atoms with Crippen LogP contribution in [0.4, 0.5) is 0 Å². The number of hydrogen-bond acceptors (Lipinski definition) is 5. The van der Waals surface area contributed by atoms with Gasteiger partial charge in [-0.25, -0.2) is 0 Å². The van der Waals surface area contributed by atoms with E-state index in [2.05, 4.69) is 29.4 Å². The zero-order valence-corrected chi connectivity index (χ0v) is 17.4. The molecule has 152 valence electrons. The lowest BCUT2D eigenvalue weighted by molar-refractivity contribution is -0.00697. The Balaban J connectivity index is 1.74. The maximum Gasteiger partial charge on any atom is 0.272 e. The first kappa shape index (κ1) is 20.2. The zero-order valence-electron chi connectivity index (χ0n) is 17.4. The Labute approximate surface area is 165 Å².